The predicted molar refractivity (Wildman–Crippen MR) is 80.7 cm³/mol. The van der Waals surface area contributed by atoms with Crippen LogP contribution in [0.3, 0.4) is 0 Å². The minimum atomic E-state index is 0.247. The molecule has 3 atom stereocenters. The molecule has 2 heterocycles. The molecule has 112 valence electrons. The number of nitrogens with zero attached hydrogens (tertiary/aromatic N) is 2. The van der Waals surface area contributed by atoms with Gasteiger partial charge in [0.2, 0.25) is 0 Å². The summed E-state index contributed by atoms with van der Waals surface area (Å²) < 4.78 is 6.10. The molecule has 1 aliphatic carbocycles. The number of likely N-dealkylation sites (N-methyl/N-ethyl adjacent to an activating group) is 1. The van der Waals surface area contributed by atoms with Crippen LogP contribution in [-0.4, -0.2) is 49.1 Å². The van der Waals surface area contributed by atoms with Crippen molar-refractivity contribution >= 4 is 0 Å². The Morgan fingerprint density at radius 2 is 2.00 bits per heavy atom. The first-order valence-corrected chi connectivity index (χ1v) is 7.99. The van der Waals surface area contributed by atoms with Gasteiger partial charge in [0.25, 0.3) is 0 Å². The second-order valence-electron chi connectivity index (χ2n) is 6.28. The van der Waals surface area contributed by atoms with Gasteiger partial charge in [0.05, 0.1) is 6.04 Å². The van der Waals surface area contributed by atoms with Crippen LogP contribution in [0.5, 0.6) is 0 Å². The lowest BCUT2D eigenvalue weighted by atomic mass is 10.1. The zero-order chi connectivity index (χ0) is 14.1. The van der Waals surface area contributed by atoms with E-state index in [2.05, 4.69) is 35.8 Å². The van der Waals surface area contributed by atoms with Gasteiger partial charge < -0.3 is 15.1 Å². The topological polar surface area (TPSA) is 45.6 Å². The van der Waals surface area contributed by atoms with Crippen molar-refractivity contribution in [3.05, 3.63) is 23.7 Å². The summed E-state index contributed by atoms with van der Waals surface area (Å²) >= 11 is 0. The van der Waals surface area contributed by atoms with Crippen LogP contribution >= 0.6 is 0 Å². The van der Waals surface area contributed by atoms with Gasteiger partial charge in [-0.3, -0.25) is 4.90 Å². The number of rotatable bonds is 5. The Morgan fingerprint density at radius 1 is 1.30 bits per heavy atom. The van der Waals surface area contributed by atoms with Crippen molar-refractivity contribution in [2.75, 3.05) is 39.3 Å². The Hall–Kier alpha value is -0.840. The Labute approximate surface area is 121 Å². The average Bonchev–Trinajstić information content (AvgIpc) is 3.02. The fourth-order valence-electron chi connectivity index (χ4n) is 3.30. The van der Waals surface area contributed by atoms with E-state index in [1.165, 1.54) is 6.42 Å². The molecule has 20 heavy (non-hydrogen) atoms. The molecule has 0 amide bonds. The van der Waals surface area contributed by atoms with Gasteiger partial charge in [-0.25, -0.2) is 0 Å². The molecule has 0 aromatic carbocycles. The Bertz CT molecular complexity index is 437. The summed E-state index contributed by atoms with van der Waals surface area (Å²) in [6.45, 7) is 10.8. The predicted octanol–water partition coefficient (Wildman–Crippen LogP) is 2.04. The second-order valence-corrected chi connectivity index (χ2v) is 6.28. The molecule has 2 N–H and O–H groups in total. The summed E-state index contributed by atoms with van der Waals surface area (Å²) in [6.07, 6.45) is 1.27. The zero-order valence-corrected chi connectivity index (χ0v) is 12.7. The molecule has 1 aliphatic heterocycles. The van der Waals surface area contributed by atoms with Crippen molar-refractivity contribution in [3.63, 3.8) is 0 Å². The molecule has 3 unspecified atom stereocenters. The van der Waals surface area contributed by atoms with Crippen molar-refractivity contribution < 1.29 is 4.42 Å². The van der Waals surface area contributed by atoms with E-state index in [0.29, 0.717) is 12.5 Å². The largest absolute Gasteiger partial charge is 0.464 e. The third-order valence-electron chi connectivity index (χ3n) is 4.97. The van der Waals surface area contributed by atoms with Gasteiger partial charge in [-0.15, -0.1) is 0 Å². The summed E-state index contributed by atoms with van der Waals surface area (Å²) in [5.41, 5.74) is 6.02. The van der Waals surface area contributed by atoms with Gasteiger partial charge in [-0.05, 0) is 31.0 Å². The molecule has 1 saturated heterocycles. The molecule has 0 radical (unpaired) electrons. The van der Waals surface area contributed by atoms with E-state index >= 15 is 0 Å². The van der Waals surface area contributed by atoms with Crippen molar-refractivity contribution in [3.8, 4) is 0 Å². The maximum atomic E-state index is 6.10. The molecule has 1 aromatic heterocycles. The van der Waals surface area contributed by atoms with E-state index in [9.17, 15) is 0 Å². The molecule has 1 aromatic rings. The number of nitrogens with two attached hydrogens (primary N) is 1. The summed E-state index contributed by atoms with van der Waals surface area (Å²) in [5, 5.41) is 0. The number of piperazine rings is 1. The molecule has 0 spiro atoms. The molecular weight excluding hydrogens is 250 g/mol. The second kappa shape index (κ2) is 5.88. The minimum absolute atomic E-state index is 0.247. The van der Waals surface area contributed by atoms with E-state index in [1.54, 1.807) is 0 Å². The highest BCUT2D eigenvalue weighted by Gasteiger charge is 2.37. The van der Waals surface area contributed by atoms with E-state index < -0.39 is 0 Å². The molecule has 4 nitrogen and oxygen atoms in total. The monoisotopic (exact) mass is 277 g/mol. The Balaban J connectivity index is 1.65. The smallest absolute Gasteiger partial charge is 0.122 e. The quantitative estimate of drug-likeness (QED) is 0.894. The van der Waals surface area contributed by atoms with Gasteiger partial charge in [0.1, 0.15) is 11.5 Å². The standard InChI is InChI=1S/C16H27N3O/c1-3-18-6-8-19(9-7-18)14(11-17)16-5-4-15(20-16)13-10-12(13)2/h4-5,12-14H,3,6-11,17H2,1-2H3. The van der Waals surface area contributed by atoms with Gasteiger partial charge >= 0.3 is 0 Å². The third-order valence-corrected chi connectivity index (χ3v) is 4.97. The van der Waals surface area contributed by atoms with Crippen LogP contribution in [0.4, 0.5) is 0 Å². The number of hydrogen-bond donors (Lipinski definition) is 1. The summed E-state index contributed by atoms with van der Waals surface area (Å²) in [7, 11) is 0. The normalized spacial score (nSPS) is 29.6. The first kappa shape index (κ1) is 14.1. The maximum Gasteiger partial charge on any atom is 0.122 e. The molecule has 3 rings (SSSR count). The van der Waals surface area contributed by atoms with Crippen molar-refractivity contribution in [1.29, 1.82) is 0 Å². The van der Waals surface area contributed by atoms with Gasteiger partial charge in [0.15, 0.2) is 0 Å². The maximum absolute atomic E-state index is 6.10. The molecular formula is C16H27N3O. The highest BCUT2D eigenvalue weighted by Crippen LogP contribution is 2.47. The van der Waals surface area contributed by atoms with Crippen molar-refractivity contribution in [2.45, 2.75) is 32.2 Å². The molecule has 2 fully saturated rings. The van der Waals surface area contributed by atoms with Gasteiger partial charge in [-0.2, -0.15) is 0 Å². The van der Waals surface area contributed by atoms with Gasteiger partial charge in [0, 0.05) is 38.6 Å². The Morgan fingerprint density at radius 3 is 2.55 bits per heavy atom. The average molecular weight is 277 g/mol. The van der Waals surface area contributed by atoms with E-state index in [0.717, 1.165) is 50.2 Å². The summed E-state index contributed by atoms with van der Waals surface area (Å²) in [5.74, 6) is 3.67. The lowest BCUT2D eigenvalue weighted by molar-refractivity contribution is 0.0920. The molecule has 4 heteroatoms. The van der Waals surface area contributed by atoms with Crippen LogP contribution in [-0.2, 0) is 0 Å². The lowest BCUT2D eigenvalue weighted by Crippen LogP contribution is -2.48. The van der Waals surface area contributed by atoms with Crippen LogP contribution in [0.25, 0.3) is 0 Å². The fraction of sp³-hybridized carbons (Fsp3) is 0.750. The zero-order valence-electron chi connectivity index (χ0n) is 12.7. The van der Waals surface area contributed by atoms with Crippen molar-refractivity contribution in [2.24, 2.45) is 11.7 Å². The van der Waals surface area contributed by atoms with Crippen LogP contribution in [0.1, 0.15) is 43.7 Å². The van der Waals surface area contributed by atoms with Crippen LogP contribution in [0, 0.1) is 5.92 Å². The highest BCUT2D eigenvalue weighted by atomic mass is 16.3. The molecule has 2 aliphatic rings. The van der Waals surface area contributed by atoms with E-state index in [4.69, 9.17) is 10.2 Å². The van der Waals surface area contributed by atoms with Crippen LogP contribution < -0.4 is 5.73 Å². The summed E-state index contributed by atoms with van der Waals surface area (Å²) in [6, 6.07) is 4.55. The molecule has 1 saturated carbocycles. The highest BCUT2D eigenvalue weighted by molar-refractivity contribution is 5.19. The van der Waals surface area contributed by atoms with Gasteiger partial charge in [-0.1, -0.05) is 13.8 Å². The van der Waals surface area contributed by atoms with Crippen molar-refractivity contribution in [1.82, 2.24) is 9.80 Å². The number of furan rings is 1. The summed E-state index contributed by atoms with van der Waals surface area (Å²) in [4.78, 5) is 4.97. The van der Waals surface area contributed by atoms with Crippen LogP contribution in [0.2, 0.25) is 0 Å². The SMILES string of the molecule is CCN1CCN(C(CN)c2ccc(C3CC3C)o2)CC1. The first-order chi connectivity index (χ1) is 9.72. The van der Waals surface area contributed by atoms with E-state index in [1.807, 2.05) is 0 Å². The van der Waals surface area contributed by atoms with E-state index in [-0.39, 0.29) is 6.04 Å². The first-order valence-electron chi connectivity index (χ1n) is 7.99. The third kappa shape index (κ3) is 2.78. The molecule has 0 bridgehead atoms. The minimum Gasteiger partial charge on any atom is -0.464 e. The van der Waals surface area contributed by atoms with Crippen LogP contribution in [0.15, 0.2) is 16.5 Å². The fourth-order valence-corrected chi connectivity index (χ4v) is 3.30. The number of hydrogen-bond acceptors (Lipinski definition) is 4. The Kier molecular flexibility index (Phi) is 4.15. The lowest BCUT2D eigenvalue weighted by Gasteiger charge is -2.37.